The zero-order chi connectivity index (χ0) is 10.4. The highest BCUT2D eigenvalue weighted by molar-refractivity contribution is 6.70. The summed E-state index contributed by atoms with van der Waals surface area (Å²) in [5.74, 6) is 0. The fourth-order valence-electron chi connectivity index (χ4n) is 0.899. The van der Waals surface area contributed by atoms with Gasteiger partial charge in [-0.25, -0.2) is 0 Å². The lowest BCUT2D eigenvalue weighted by molar-refractivity contribution is 0.215. The number of nitrogens with zero attached hydrogens (tertiary/aromatic N) is 1. The maximum Gasteiger partial charge on any atom is 0.169 e. The van der Waals surface area contributed by atoms with Gasteiger partial charge in [0.1, 0.15) is 7.11 Å². The zero-order valence-electron chi connectivity index (χ0n) is 7.58. The topological polar surface area (TPSA) is 21.6 Å². The van der Waals surface area contributed by atoms with Crippen molar-refractivity contribution >= 4 is 33.4 Å². The van der Waals surface area contributed by atoms with Crippen LogP contribution in [0.25, 0.3) is 5.03 Å². The van der Waals surface area contributed by atoms with Gasteiger partial charge >= 0.3 is 0 Å². The largest absolute Gasteiger partial charge is 0.398 e. The monoisotopic (exact) mass is 229 g/mol. The van der Waals surface area contributed by atoms with Crippen LogP contribution in [0.5, 0.6) is 0 Å². The van der Waals surface area contributed by atoms with Crippen LogP contribution in [0.1, 0.15) is 5.56 Å². The number of benzene rings is 1. The van der Waals surface area contributed by atoms with E-state index in [1.807, 2.05) is 30.3 Å². The summed E-state index contributed by atoms with van der Waals surface area (Å²) >= 11 is 11.7. The van der Waals surface area contributed by atoms with Crippen LogP contribution in [0.4, 0.5) is 0 Å². The maximum atomic E-state index is 5.98. The second kappa shape index (κ2) is 5.68. The van der Waals surface area contributed by atoms with Gasteiger partial charge in [0.25, 0.3) is 0 Å². The summed E-state index contributed by atoms with van der Waals surface area (Å²) in [6.45, 7) is 0. The molecule has 0 aliphatic carbocycles. The van der Waals surface area contributed by atoms with Crippen molar-refractivity contribution in [1.29, 1.82) is 0 Å². The molecular formula is C10H9Cl2NO. The molecule has 0 saturated heterocycles. The molecule has 0 heterocycles. The summed E-state index contributed by atoms with van der Waals surface area (Å²) in [7, 11) is 1.42. The molecule has 0 aromatic heterocycles. The molecule has 0 N–H and O–H groups in total. The van der Waals surface area contributed by atoms with Crippen LogP contribution in [-0.4, -0.2) is 12.3 Å². The Bertz CT molecular complexity index is 346. The van der Waals surface area contributed by atoms with Gasteiger partial charge in [0.15, 0.2) is 5.17 Å². The van der Waals surface area contributed by atoms with E-state index in [0.717, 1.165) is 5.56 Å². The van der Waals surface area contributed by atoms with Crippen molar-refractivity contribution in [2.45, 2.75) is 0 Å². The van der Waals surface area contributed by atoms with E-state index in [2.05, 4.69) is 9.99 Å². The molecule has 0 saturated carbocycles. The quantitative estimate of drug-likeness (QED) is 0.575. The molecule has 1 aromatic carbocycles. The summed E-state index contributed by atoms with van der Waals surface area (Å²) in [5, 5.41) is 4.25. The van der Waals surface area contributed by atoms with E-state index in [9.17, 15) is 0 Å². The molecule has 1 aromatic rings. The Hall–Kier alpha value is -0.990. The van der Waals surface area contributed by atoms with E-state index in [0.29, 0.717) is 5.03 Å². The molecular weight excluding hydrogens is 221 g/mol. The third-order valence-corrected chi connectivity index (χ3v) is 1.98. The van der Waals surface area contributed by atoms with Crippen LogP contribution in [0.3, 0.4) is 0 Å². The molecule has 0 bridgehead atoms. The Morgan fingerprint density at radius 2 is 1.93 bits per heavy atom. The van der Waals surface area contributed by atoms with Crippen molar-refractivity contribution in [3.8, 4) is 0 Å². The summed E-state index contributed by atoms with van der Waals surface area (Å²) in [4.78, 5) is 4.49. The molecule has 0 aliphatic rings. The number of allylic oxidation sites excluding steroid dienone is 1. The second-order valence-corrected chi connectivity index (χ2v) is 3.25. The fourth-order valence-corrected chi connectivity index (χ4v) is 1.36. The van der Waals surface area contributed by atoms with Crippen LogP contribution in [-0.2, 0) is 4.84 Å². The fraction of sp³-hybridized carbons (Fsp3) is 0.100. The number of hydrogen-bond acceptors (Lipinski definition) is 2. The van der Waals surface area contributed by atoms with Gasteiger partial charge in [-0.15, -0.1) is 0 Å². The zero-order valence-corrected chi connectivity index (χ0v) is 9.09. The molecule has 1 rings (SSSR count). The standard InChI is InChI=1S/C10H9Cl2NO/c1-14-13-10(12)7-9(11)8-5-3-2-4-6-8/h2-7H,1H3/b9-7-,13-10+. The van der Waals surface area contributed by atoms with E-state index in [-0.39, 0.29) is 5.17 Å². The number of rotatable bonds is 3. The van der Waals surface area contributed by atoms with Crippen molar-refractivity contribution in [2.24, 2.45) is 5.16 Å². The highest BCUT2D eigenvalue weighted by Crippen LogP contribution is 2.18. The van der Waals surface area contributed by atoms with E-state index in [1.165, 1.54) is 13.2 Å². The lowest BCUT2D eigenvalue weighted by atomic mass is 10.2. The van der Waals surface area contributed by atoms with E-state index in [4.69, 9.17) is 23.2 Å². The van der Waals surface area contributed by atoms with Crippen LogP contribution >= 0.6 is 23.2 Å². The number of halogens is 2. The van der Waals surface area contributed by atoms with Gasteiger partial charge in [-0.2, -0.15) is 0 Å². The minimum Gasteiger partial charge on any atom is -0.398 e. The second-order valence-electron chi connectivity index (χ2n) is 2.45. The Balaban J connectivity index is 2.85. The third-order valence-electron chi connectivity index (χ3n) is 1.47. The molecule has 0 spiro atoms. The summed E-state index contributed by atoms with van der Waals surface area (Å²) in [6, 6.07) is 9.48. The van der Waals surface area contributed by atoms with Gasteiger partial charge in [-0.05, 0) is 11.6 Å². The minimum absolute atomic E-state index is 0.210. The van der Waals surface area contributed by atoms with Crippen molar-refractivity contribution in [1.82, 2.24) is 0 Å². The van der Waals surface area contributed by atoms with Crippen LogP contribution in [0.15, 0.2) is 41.6 Å². The molecule has 74 valence electrons. The van der Waals surface area contributed by atoms with Gasteiger partial charge in [-0.3, -0.25) is 0 Å². The predicted molar refractivity (Wildman–Crippen MR) is 60.6 cm³/mol. The first-order valence-electron chi connectivity index (χ1n) is 3.93. The van der Waals surface area contributed by atoms with Crippen molar-refractivity contribution in [2.75, 3.05) is 7.11 Å². The molecule has 2 nitrogen and oxygen atoms in total. The Morgan fingerprint density at radius 3 is 2.50 bits per heavy atom. The van der Waals surface area contributed by atoms with Gasteiger partial charge in [-0.1, -0.05) is 58.7 Å². The lowest BCUT2D eigenvalue weighted by Gasteiger charge is -1.97. The molecule has 0 amide bonds. The van der Waals surface area contributed by atoms with Gasteiger partial charge in [0.2, 0.25) is 0 Å². The van der Waals surface area contributed by atoms with Gasteiger partial charge in [0, 0.05) is 0 Å². The van der Waals surface area contributed by atoms with E-state index < -0.39 is 0 Å². The minimum atomic E-state index is 0.210. The molecule has 14 heavy (non-hydrogen) atoms. The first-order chi connectivity index (χ1) is 6.74. The van der Waals surface area contributed by atoms with E-state index in [1.54, 1.807) is 0 Å². The number of hydrogen-bond donors (Lipinski definition) is 0. The van der Waals surface area contributed by atoms with Crippen LogP contribution in [0.2, 0.25) is 0 Å². The average molecular weight is 230 g/mol. The van der Waals surface area contributed by atoms with Crippen LogP contribution in [0, 0.1) is 0 Å². The Kier molecular flexibility index (Phi) is 4.50. The van der Waals surface area contributed by atoms with Crippen LogP contribution < -0.4 is 0 Å². The summed E-state index contributed by atoms with van der Waals surface area (Å²) < 4.78 is 0. The summed E-state index contributed by atoms with van der Waals surface area (Å²) in [5.41, 5.74) is 0.888. The Labute approximate surface area is 92.8 Å². The molecule has 0 radical (unpaired) electrons. The number of oxime groups is 1. The molecule has 0 atom stereocenters. The first-order valence-corrected chi connectivity index (χ1v) is 4.69. The highest BCUT2D eigenvalue weighted by Gasteiger charge is 1.98. The Morgan fingerprint density at radius 1 is 1.29 bits per heavy atom. The van der Waals surface area contributed by atoms with E-state index >= 15 is 0 Å². The average Bonchev–Trinajstić information content (AvgIpc) is 2.19. The van der Waals surface area contributed by atoms with Crippen molar-refractivity contribution in [3.63, 3.8) is 0 Å². The first kappa shape index (κ1) is 11.1. The smallest absolute Gasteiger partial charge is 0.169 e. The lowest BCUT2D eigenvalue weighted by Crippen LogP contribution is -1.84. The molecule has 0 aliphatic heterocycles. The molecule has 4 heteroatoms. The molecule has 0 fully saturated rings. The normalized spacial score (nSPS) is 12.8. The molecule has 0 unspecified atom stereocenters. The van der Waals surface area contributed by atoms with Crippen molar-refractivity contribution < 1.29 is 4.84 Å². The van der Waals surface area contributed by atoms with Crippen molar-refractivity contribution in [3.05, 3.63) is 42.0 Å². The summed E-state index contributed by atoms with van der Waals surface area (Å²) in [6.07, 6.45) is 1.53. The third kappa shape index (κ3) is 3.40. The highest BCUT2D eigenvalue weighted by atomic mass is 35.5. The maximum absolute atomic E-state index is 5.98. The predicted octanol–water partition coefficient (Wildman–Crippen LogP) is 3.47. The SMILES string of the molecule is CO/N=C(Cl)\C=C(/Cl)c1ccccc1. The van der Waals surface area contributed by atoms with Gasteiger partial charge < -0.3 is 4.84 Å². The van der Waals surface area contributed by atoms with Gasteiger partial charge in [0.05, 0.1) is 5.03 Å².